The first-order valence-electron chi connectivity index (χ1n) is 15.0. The van der Waals surface area contributed by atoms with Crippen molar-refractivity contribution in [3.8, 4) is 0 Å². The Bertz CT molecular complexity index is 1520. The van der Waals surface area contributed by atoms with E-state index in [4.69, 9.17) is 0 Å². The molecule has 0 aliphatic carbocycles. The van der Waals surface area contributed by atoms with Crippen molar-refractivity contribution < 1.29 is 28.3 Å². The normalized spacial score (nSPS) is 13.8. The molecule has 10 heteroatoms. The van der Waals surface area contributed by atoms with Gasteiger partial charge in [-0.05, 0) is 74.3 Å². The summed E-state index contributed by atoms with van der Waals surface area (Å²) in [5.74, 6) is -3.57. The molecule has 45 heavy (non-hydrogen) atoms. The maximum Gasteiger partial charge on any atom is 0.246 e. The van der Waals surface area contributed by atoms with Gasteiger partial charge in [-0.1, -0.05) is 54.6 Å². The zero-order valence-corrected chi connectivity index (χ0v) is 26.8. The predicted molar refractivity (Wildman–Crippen MR) is 172 cm³/mol. The number of likely N-dealkylation sites (N-methyl/N-ethyl adjacent to an activating group) is 2. The Kier molecular flexibility index (Phi) is 12.3. The first-order chi connectivity index (χ1) is 21.2. The smallest absolute Gasteiger partial charge is 0.246 e. The van der Waals surface area contributed by atoms with E-state index < -0.39 is 41.6 Å². The van der Waals surface area contributed by atoms with E-state index >= 15 is 0 Å². The zero-order chi connectivity index (χ0) is 33.3. The van der Waals surface area contributed by atoms with Crippen molar-refractivity contribution >= 4 is 28.5 Å². The van der Waals surface area contributed by atoms with Crippen LogP contribution < -0.4 is 10.6 Å². The summed E-state index contributed by atoms with van der Waals surface area (Å²) >= 11 is 0. The third kappa shape index (κ3) is 9.92. The molecule has 3 N–H and O–H groups in total. The van der Waals surface area contributed by atoms with Crippen LogP contribution in [0.2, 0.25) is 0 Å². The van der Waals surface area contributed by atoms with Gasteiger partial charge in [-0.3, -0.25) is 14.4 Å². The van der Waals surface area contributed by atoms with Crippen LogP contribution in [-0.2, 0) is 27.2 Å². The van der Waals surface area contributed by atoms with Crippen molar-refractivity contribution in [3.05, 3.63) is 95.6 Å². The van der Waals surface area contributed by atoms with Gasteiger partial charge in [-0.25, -0.2) is 8.78 Å². The maximum absolute atomic E-state index is 14.3. The fourth-order valence-electron chi connectivity index (χ4n) is 4.86. The van der Waals surface area contributed by atoms with Crippen LogP contribution >= 0.6 is 0 Å². The van der Waals surface area contributed by atoms with Crippen LogP contribution in [0.4, 0.5) is 8.78 Å². The highest BCUT2D eigenvalue weighted by Crippen LogP contribution is 2.21. The Morgan fingerprint density at radius 3 is 2.16 bits per heavy atom. The molecule has 0 fully saturated rings. The number of nitrogens with one attached hydrogen (secondary N) is 2. The molecule has 3 atom stereocenters. The second kappa shape index (κ2) is 15.7. The highest BCUT2D eigenvalue weighted by molar-refractivity contribution is 5.95. The second-order valence-corrected chi connectivity index (χ2v) is 12.1. The number of rotatable bonds is 14. The molecule has 0 aliphatic heterocycles. The van der Waals surface area contributed by atoms with Crippen LogP contribution in [0.1, 0.15) is 38.3 Å². The van der Waals surface area contributed by atoms with E-state index in [1.807, 2.05) is 63.4 Å². The Labute approximate surface area is 264 Å². The number of carbonyl (C=O) groups excluding carboxylic acids is 3. The van der Waals surface area contributed by atoms with Crippen LogP contribution in [0.15, 0.2) is 72.8 Å². The van der Waals surface area contributed by atoms with Crippen molar-refractivity contribution in [2.45, 2.75) is 63.8 Å². The van der Waals surface area contributed by atoms with Gasteiger partial charge in [0.15, 0.2) is 11.6 Å². The molecule has 0 saturated carbocycles. The van der Waals surface area contributed by atoms with E-state index in [0.717, 1.165) is 28.5 Å². The first kappa shape index (κ1) is 35.3. The van der Waals surface area contributed by atoms with Gasteiger partial charge < -0.3 is 25.5 Å². The molecule has 242 valence electrons. The zero-order valence-electron chi connectivity index (χ0n) is 26.8. The summed E-state index contributed by atoms with van der Waals surface area (Å²) in [7, 11) is 4.83. The standard InChI is InChI=1S/C35H44F2N4O4/c1-23(42)22-39-33(44)30(20-25-14-16-28(36)29(37)19-25)41(6)34(45)31(40(5)32(43)12-9-17-35(2,3)38-4)21-24-13-15-26-10-7-8-11-27(26)18-24/h7-16,18-19,23,30-31,38,42H,17,20-22H2,1-6H3,(H,39,44)/b12-9+. The van der Waals surface area contributed by atoms with Gasteiger partial charge in [0.05, 0.1) is 6.10 Å². The maximum atomic E-state index is 14.3. The fraction of sp³-hybridized carbons (Fsp3) is 0.400. The number of hydrogen-bond donors (Lipinski definition) is 3. The van der Waals surface area contributed by atoms with Crippen LogP contribution in [0, 0.1) is 11.6 Å². The Morgan fingerprint density at radius 2 is 1.51 bits per heavy atom. The van der Waals surface area contributed by atoms with Gasteiger partial charge in [0, 0.05) is 39.0 Å². The van der Waals surface area contributed by atoms with E-state index in [2.05, 4.69) is 10.6 Å². The number of hydrogen-bond acceptors (Lipinski definition) is 5. The summed E-state index contributed by atoms with van der Waals surface area (Å²) in [5.41, 5.74) is 0.884. The number of aliphatic hydroxyl groups excluding tert-OH is 1. The summed E-state index contributed by atoms with van der Waals surface area (Å²) < 4.78 is 27.7. The summed E-state index contributed by atoms with van der Waals surface area (Å²) in [6, 6.07) is 14.8. The molecule has 3 amide bonds. The fourth-order valence-corrected chi connectivity index (χ4v) is 4.86. The van der Waals surface area contributed by atoms with E-state index in [9.17, 15) is 28.3 Å². The van der Waals surface area contributed by atoms with Crippen molar-refractivity contribution in [1.82, 2.24) is 20.4 Å². The van der Waals surface area contributed by atoms with E-state index in [-0.39, 0.29) is 30.8 Å². The predicted octanol–water partition coefficient (Wildman–Crippen LogP) is 4.00. The summed E-state index contributed by atoms with van der Waals surface area (Å²) in [5, 5.41) is 17.6. The van der Waals surface area contributed by atoms with Crippen molar-refractivity contribution in [2.24, 2.45) is 0 Å². The van der Waals surface area contributed by atoms with E-state index in [1.165, 1.54) is 35.9 Å². The molecule has 3 rings (SSSR count). The third-order valence-corrected chi connectivity index (χ3v) is 8.01. The van der Waals surface area contributed by atoms with Crippen molar-refractivity contribution in [2.75, 3.05) is 27.7 Å². The number of benzene rings is 3. The molecule has 0 heterocycles. The highest BCUT2D eigenvalue weighted by atomic mass is 19.2. The van der Waals surface area contributed by atoms with Gasteiger partial charge in [0.25, 0.3) is 0 Å². The Hall–Kier alpha value is -4.15. The van der Waals surface area contributed by atoms with Crippen LogP contribution in [0.5, 0.6) is 0 Å². The number of halogens is 2. The molecule has 0 radical (unpaired) electrons. The average molecular weight is 623 g/mol. The molecule has 0 saturated heterocycles. The molecule has 3 unspecified atom stereocenters. The molecular formula is C35H44F2N4O4. The lowest BCUT2D eigenvalue weighted by Gasteiger charge is -2.34. The lowest BCUT2D eigenvalue weighted by Crippen LogP contribution is -2.56. The molecular weight excluding hydrogens is 578 g/mol. The number of nitrogens with zero attached hydrogens (tertiary/aromatic N) is 2. The second-order valence-electron chi connectivity index (χ2n) is 12.1. The molecule has 0 aromatic heterocycles. The topological polar surface area (TPSA) is 102 Å². The average Bonchev–Trinajstić information content (AvgIpc) is 3.01. The van der Waals surface area contributed by atoms with Crippen LogP contribution in [-0.4, -0.2) is 84.0 Å². The van der Waals surface area contributed by atoms with Crippen LogP contribution in [0.3, 0.4) is 0 Å². The Balaban J connectivity index is 1.97. The number of amides is 3. The number of fused-ring (bicyclic) bond motifs is 1. The molecule has 3 aromatic carbocycles. The third-order valence-electron chi connectivity index (χ3n) is 8.01. The minimum absolute atomic E-state index is 0.0676. The summed E-state index contributed by atoms with van der Waals surface area (Å²) in [4.78, 5) is 43.6. The molecule has 8 nitrogen and oxygen atoms in total. The summed E-state index contributed by atoms with van der Waals surface area (Å²) in [6.45, 7) is 5.44. The van der Waals surface area contributed by atoms with E-state index in [1.54, 1.807) is 13.1 Å². The van der Waals surface area contributed by atoms with E-state index in [0.29, 0.717) is 12.0 Å². The summed E-state index contributed by atoms with van der Waals surface area (Å²) in [6.07, 6.45) is 2.97. The lowest BCUT2D eigenvalue weighted by molar-refractivity contribution is -0.146. The minimum atomic E-state index is -1.14. The minimum Gasteiger partial charge on any atom is -0.392 e. The molecule has 0 spiro atoms. The Morgan fingerprint density at radius 1 is 0.889 bits per heavy atom. The van der Waals surface area contributed by atoms with Gasteiger partial charge in [0.1, 0.15) is 12.1 Å². The first-order valence-corrected chi connectivity index (χ1v) is 15.0. The molecule has 0 aliphatic rings. The lowest BCUT2D eigenvalue weighted by atomic mass is 9.98. The SMILES string of the molecule is CNC(C)(C)C/C=C/C(=O)N(C)C(Cc1ccc2ccccc2c1)C(=O)N(C)C(Cc1ccc(F)c(F)c1)C(=O)NCC(C)O. The van der Waals surface area contributed by atoms with Gasteiger partial charge in [0.2, 0.25) is 17.7 Å². The van der Waals surface area contributed by atoms with Gasteiger partial charge in [-0.15, -0.1) is 0 Å². The largest absolute Gasteiger partial charge is 0.392 e. The number of aliphatic hydroxyl groups is 1. The number of carbonyl (C=O) groups is 3. The van der Waals surface area contributed by atoms with Crippen molar-refractivity contribution in [3.63, 3.8) is 0 Å². The van der Waals surface area contributed by atoms with Gasteiger partial charge >= 0.3 is 0 Å². The van der Waals surface area contributed by atoms with Gasteiger partial charge in [-0.2, -0.15) is 0 Å². The van der Waals surface area contributed by atoms with Crippen LogP contribution in [0.25, 0.3) is 10.8 Å². The highest BCUT2D eigenvalue weighted by Gasteiger charge is 2.35. The van der Waals surface area contributed by atoms with Crippen molar-refractivity contribution in [1.29, 1.82) is 0 Å². The molecule has 0 bridgehead atoms. The quantitative estimate of drug-likeness (QED) is 0.236. The monoisotopic (exact) mass is 622 g/mol. The molecule has 3 aromatic rings.